The Morgan fingerprint density at radius 3 is 2.85 bits per heavy atom. The number of sulfonamides is 1. The fourth-order valence-electron chi connectivity index (χ4n) is 1.66. The smallest absolute Gasteiger partial charge is 0.230 e. The van der Waals surface area contributed by atoms with Gasteiger partial charge in [-0.05, 0) is 25.9 Å². The topological polar surface area (TPSA) is 63.4 Å². The third kappa shape index (κ3) is 3.46. The van der Waals surface area contributed by atoms with E-state index in [1.807, 2.05) is 0 Å². The summed E-state index contributed by atoms with van der Waals surface area (Å²) in [4.78, 5) is 2.24. The Balaban J connectivity index is 2.58. The normalized spacial score (nSPS) is 25.8. The van der Waals surface area contributed by atoms with Gasteiger partial charge in [0.15, 0.2) is 0 Å². The van der Waals surface area contributed by atoms with Crippen LogP contribution in [-0.2, 0) is 10.0 Å². The van der Waals surface area contributed by atoms with Crippen molar-refractivity contribution in [2.75, 3.05) is 13.1 Å². The van der Waals surface area contributed by atoms with E-state index in [2.05, 4.69) is 11.8 Å². The zero-order chi connectivity index (χ0) is 9.90. The number of primary sulfonamides is 1. The van der Waals surface area contributed by atoms with E-state index in [4.69, 9.17) is 5.14 Å². The van der Waals surface area contributed by atoms with Crippen LogP contribution in [0.3, 0.4) is 0 Å². The molecule has 13 heavy (non-hydrogen) atoms. The molecule has 1 fully saturated rings. The molecule has 1 atom stereocenters. The van der Waals surface area contributed by atoms with Crippen LogP contribution in [0.15, 0.2) is 11.5 Å². The second-order valence-electron chi connectivity index (χ2n) is 3.26. The van der Waals surface area contributed by atoms with E-state index in [0.29, 0.717) is 0 Å². The van der Waals surface area contributed by atoms with Crippen molar-refractivity contribution in [3.8, 4) is 0 Å². The predicted octanol–water partition coefficient (Wildman–Crippen LogP) is 0.273. The Morgan fingerprint density at radius 2 is 2.31 bits per heavy atom. The number of likely N-dealkylation sites (tertiary alicyclic amines) is 1. The molecule has 0 aromatic heterocycles. The van der Waals surface area contributed by atoms with Gasteiger partial charge in [0.1, 0.15) is 0 Å². The van der Waals surface area contributed by atoms with Gasteiger partial charge in [0.2, 0.25) is 10.0 Å². The zero-order valence-corrected chi connectivity index (χ0v) is 8.63. The van der Waals surface area contributed by atoms with Crippen LogP contribution in [-0.4, -0.2) is 32.4 Å². The third-order valence-electron chi connectivity index (χ3n) is 2.31. The minimum absolute atomic E-state index is 0.253. The van der Waals surface area contributed by atoms with Gasteiger partial charge in [-0.1, -0.05) is 13.0 Å². The van der Waals surface area contributed by atoms with E-state index < -0.39 is 10.0 Å². The van der Waals surface area contributed by atoms with E-state index in [1.165, 1.54) is 0 Å². The highest BCUT2D eigenvalue weighted by atomic mass is 32.2. The fourth-order valence-corrected chi connectivity index (χ4v) is 2.06. The Labute approximate surface area is 79.5 Å². The first-order valence-electron chi connectivity index (χ1n) is 4.48. The van der Waals surface area contributed by atoms with Gasteiger partial charge in [0.05, 0.1) is 0 Å². The molecule has 0 spiro atoms. The van der Waals surface area contributed by atoms with Gasteiger partial charge < -0.3 is 0 Å². The Hall–Kier alpha value is -0.390. The lowest BCUT2D eigenvalue weighted by Gasteiger charge is -2.18. The summed E-state index contributed by atoms with van der Waals surface area (Å²) in [5, 5.41) is 5.97. The van der Waals surface area contributed by atoms with Gasteiger partial charge >= 0.3 is 0 Å². The molecule has 1 aliphatic heterocycles. The highest BCUT2D eigenvalue weighted by molar-refractivity contribution is 7.92. The summed E-state index contributed by atoms with van der Waals surface area (Å²) in [5.41, 5.74) is 0. The Kier molecular flexibility index (Phi) is 3.47. The third-order valence-corrected chi connectivity index (χ3v) is 2.85. The molecule has 1 aliphatic rings. The van der Waals surface area contributed by atoms with Crippen molar-refractivity contribution in [1.29, 1.82) is 0 Å². The molecule has 4 nitrogen and oxygen atoms in total. The van der Waals surface area contributed by atoms with Gasteiger partial charge in [-0.15, -0.1) is 0 Å². The fraction of sp³-hybridized carbons (Fsp3) is 0.750. The molecule has 1 saturated heterocycles. The molecule has 0 saturated carbocycles. The van der Waals surface area contributed by atoms with Crippen LogP contribution in [0.25, 0.3) is 0 Å². The lowest BCUT2D eigenvalue weighted by atomic mass is 10.2. The Morgan fingerprint density at radius 1 is 1.62 bits per heavy atom. The van der Waals surface area contributed by atoms with Crippen molar-refractivity contribution in [1.82, 2.24) is 4.90 Å². The van der Waals surface area contributed by atoms with Crippen molar-refractivity contribution >= 4 is 10.0 Å². The van der Waals surface area contributed by atoms with Crippen LogP contribution >= 0.6 is 0 Å². The molecule has 1 heterocycles. The Bertz CT molecular complexity index is 285. The number of nitrogens with two attached hydrogens (primary N) is 1. The summed E-state index contributed by atoms with van der Waals surface area (Å²) >= 11 is 0. The summed E-state index contributed by atoms with van der Waals surface area (Å²) in [5.74, 6) is 0. The van der Waals surface area contributed by atoms with Crippen LogP contribution in [0.2, 0.25) is 0 Å². The van der Waals surface area contributed by atoms with E-state index in [9.17, 15) is 8.42 Å². The first-order chi connectivity index (χ1) is 6.03. The summed E-state index contributed by atoms with van der Waals surface area (Å²) < 4.78 is 21.3. The maximum absolute atomic E-state index is 10.7. The maximum Gasteiger partial charge on any atom is 0.230 e. The largest absolute Gasteiger partial charge is 0.297 e. The van der Waals surface area contributed by atoms with Gasteiger partial charge in [0, 0.05) is 11.4 Å². The lowest BCUT2D eigenvalue weighted by molar-refractivity contribution is 0.306. The van der Waals surface area contributed by atoms with Gasteiger partial charge in [-0.2, -0.15) is 0 Å². The summed E-state index contributed by atoms with van der Waals surface area (Å²) in [6.45, 7) is 4.08. The number of hydrogen-bond donors (Lipinski definition) is 1. The molecule has 5 heteroatoms. The molecule has 0 bridgehead atoms. The second-order valence-corrected chi connectivity index (χ2v) is 4.71. The molecule has 0 aliphatic carbocycles. The van der Waals surface area contributed by atoms with Gasteiger partial charge in [-0.25, -0.2) is 13.6 Å². The highest BCUT2D eigenvalue weighted by Gasteiger charge is 2.20. The van der Waals surface area contributed by atoms with Crippen molar-refractivity contribution in [3.63, 3.8) is 0 Å². The number of hydrogen-bond acceptors (Lipinski definition) is 3. The summed E-state index contributed by atoms with van der Waals surface area (Å²) in [6.07, 6.45) is 3.85. The van der Waals surface area contributed by atoms with E-state index in [-0.39, 0.29) is 6.04 Å². The maximum atomic E-state index is 10.7. The van der Waals surface area contributed by atoms with Crippen LogP contribution in [0, 0.1) is 0 Å². The van der Waals surface area contributed by atoms with Crippen molar-refractivity contribution < 1.29 is 8.42 Å². The van der Waals surface area contributed by atoms with Crippen molar-refractivity contribution in [2.45, 2.75) is 25.8 Å². The molecule has 2 N–H and O–H groups in total. The number of likely N-dealkylation sites (N-methyl/N-ethyl adjacent to an activating group) is 1. The molecular formula is C8H16N2O2S. The quantitative estimate of drug-likeness (QED) is 0.718. The standard InChI is InChI=1S/C8H16N2O2S/c1-2-10-6-3-4-8(10)5-7-13(9,11)12/h5,7-8H,2-4,6H2,1H3,(H2,9,11,12)/b7-5+. The van der Waals surface area contributed by atoms with E-state index in [1.54, 1.807) is 6.08 Å². The van der Waals surface area contributed by atoms with Crippen LogP contribution < -0.4 is 5.14 Å². The first kappa shape index (κ1) is 10.7. The molecule has 1 unspecified atom stereocenters. The number of nitrogens with zero attached hydrogens (tertiary/aromatic N) is 1. The van der Waals surface area contributed by atoms with E-state index in [0.717, 1.165) is 31.3 Å². The minimum Gasteiger partial charge on any atom is -0.297 e. The molecule has 0 radical (unpaired) electrons. The zero-order valence-electron chi connectivity index (χ0n) is 7.81. The second kappa shape index (κ2) is 4.21. The molecule has 76 valence electrons. The average Bonchev–Trinajstić information content (AvgIpc) is 2.46. The van der Waals surface area contributed by atoms with E-state index >= 15 is 0 Å². The molecule has 0 aromatic rings. The van der Waals surface area contributed by atoms with Crippen molar-refractivity contribution in [3.05, 3.63) is 11.5 Å². The van der Waals surface area contributed by atoms with Gasteiger partial charge in [0.25, 0.3) is 0 Å². The van der Waals surface area contributed by atoms with Crippen LogP contribution in [0.5, 0.6) is 0 Å². The molecule has 1 rings (SSSR count). The first-order valence-corrected chi connectivity index (χ1v) is 6.09. The highest BCUT2D eigenvalue weighted by Crippen LogP contribution is 2.17. The summed E-state index contributed by atoms with van der Waals surface area (Å²) in [7, 11) is -3.45. The van der Waals surface area contributed by atoms with Crippen LogP contribution in [0.1, 0.15) is 19.8 Å². The lowest BCUT2D eigenvalue weighted by Crippen LogP contribution is -2.27. The molecule has 0 aromatic carbocycles. The van der Waals surface area contributed by atoms with Gasteiger partial charge in [-0.3, -0.25) is 4.90 Å². The molecular weight excluding hydrogens is 188 g/mol. The minimum atomic E-state index is -3.45. The van der Waals surface area contributed by atoms with Crippen molar-refractivity contribution in [2.24, 2.45) is 5.14 Å². The predicted molar refractivity (Wildman–Crippen MR) is 52.5 cm³/mol. The summed E-state index contributed by atoms with van der Waals surface area (Å²) in [6, 6.07) is 0.253. The van der Waals surface area contributed by atoms with Crippen LogP contribution in [0.4, 0.5) is 0 Å². The number of rotatable bonds is 3. The SMILES string of the molecule is CCN1CCCC1/C=C/S(N)(=O)=O. The monoisotopic (exact) mass is 204 g/mol. The molecule has 0 amide bonds. The average molecular weight is 204 g/mol.